The molecule has 3 aromatic rings. The molecule has 3 heterocycles. The zero-order valence-corrected chi connectivity index (χ0v) is 16.3. The van der Waals surface area contributed by atoms with Crippen molar-refractivity contribution in [2.24, 2.45) is 7.05 Å². The summed E-state index contributed by atoms with van der Waals surface area (Å²) >= 11 is 0. The minimum absolute atomic E-state index is 0.576. The molecule has 0 aliphatic carbocycles. The fraction of sp³-hybridized carbons (Fsp3) is 0.391. The topological polar surface area (TPSA) is 34.0 Å². The Morgan fingerprint density at radius 1 is 1.04 bits per heavy atom. The average molecular weight is 361 g/mol. The van der Waals surface area contributed by atoms with Gasteiger partial charge in [-0.2, -0.15) is 5.10 Å². The summed E-state index contributed by atoms with van der Waals surface area (Å²) < 4.78 is 1.88. The van der Waals surface area contributed by atoms with Crippen LogP contribution in [0.5, 0.6) is 0 Å². The number of hydrogen-bond acceptors (Lipinski definition) is 3. The van der Waals surface area contributed by atoms with Gasteiger partial charge in [0.2, 0.25) is 0 Å². The number of likely N-dealkylation sites (tertiary alicyclic amines) is 1. The highest BCUT2D eigenvalue weighted by Gasteiger charge is 2.22. The standard InChI is InChI=1S/C23H28N4/c1-18-6-3-4-7-21(18)14-22-8-5-9-23(25-22)20-10-12-27(13-11-20)17-19-15-24-26(2)16-19/h3-9,15-16,20H,10-14,17H2,1-2H3. The summed E-state index contributed by atoms with van der Waals surface area (Å²) in [5.74, 6) is 0.576. The first-order chi connectivity index (χ1) is 13.2. The lowest BCUT2D eigenvalue weighted by Gasteiger charge is -2.31. The normalized spacial score (nSPS) is 15.9. The van der Waals surface area contributed by atoms with E-state index in [0.29, 0.717) is 5.92 Å². The predicted octanol–water partition coefficient (Wildman–Crippen LogP) is 4.09. The van der Waals surface area contributed by atoms with E-state index in [1.165, 1.54) is 40.9 Å². The molecule has 1 fully saturated rings. The van der Waals surface area contributed by atoms with E-state index in [0.717, 1.165) is 26.1 Å². The van der Waals surface area contributed by atoms with Crippen molar-refractivity contribution < 1.29 is 0 Å². The van der Waals surface area contributed by atoms with Crippen molar-refractivity contribution in [1.29, 1.82) is 0 Å². The molecule has 0 bridgehead atoms. The van der Waals surface area contributed by atoms with E-state index in [1.54, 1.807) is 0 Å². The van der Waals surface area contributed by atoms with E-state index < -0.39 is 0 Å². The zero-order valence-electron chi connectivity index (χ0n) is 16.3. The van der Waals surface area contributed by atoms with Crippen LogP contribution >= 0.6 is 0 Å². The molecule has 1 aromatic carbocycles. The Kier molecular flexibility index (Phi) is 5.35. The van der Waals surface area contributed by atoms with Crippen LogP contribution in [0.25, 0.3) is 0 Å². The van der Waals surface area contributed by atoms with Crippen LogP contribution < -0.4 is 0 Å². The van der Waals surface area contributed by atoms with E-state index in [1.807, 2.05) is 17.9 Å². The lowest BCUT2D eigenvalue weighted by Crippen LogP contribution is -2.32. The molecule has 1 aliphatic rings. The molecule has 0 saturated carbocycles. The third kappa shape index (κ3) is 4.45. The van der Waals surface area contributed by atoms with Gasteiger partial charge in [0.1, 0.15) is 0 Å². The molecule has 1 saturated heterocycles. The second-order valence-electron chi connectivity index (χ2n) is 7.73. The second-order valence-corrected chi connectivity index (χ2v) is 7.73. The molecule has 0 spiro atoms. The van der Waals surface area contributed by atoms with Gasteiger partial charge in [-0.3, -0.25) is 14.6 Å². The summed E-state index contributed by atoms with van der Waals surface area (Å²) in [5.41, 5.74) is 6.46. The Hall–Kier alpha value is -2.46. The Morgan fingerprint density at radius 3 is 2.59 bits per heavy atom. The van der Waals surface area contributed by atoms with E-state index in [-0.39, 0.29) is 0 Å². The van der Waals surface area contributed by atoms with Gasteiger partial charge >= 0.3 is 0 Å². The maximum absolute atomic E-state index is 5.01. The highest BCUT2D eigenvalue weighted by atomic mass is 15.2. The van der Waals surface area contributed by atoms with Gasteiger partial charge < -0.3 is 0 Å². The number of hydrogen-bond donors (Lipinski definition) is 0. The summed E-state index contributed by atoms with van der Waals surface area (Å²) in [6, 6.07) is 15.2. The number of aromatic nitrogens is 3. The molecule has 1 aliphatic heterocycles. The number of piperidine rings is 1. The van der Waals surface area contributed by atoms with E-state index in [9.17, 15) is 0 Å². The zero-order chi connectivity index (χ0) is 18.6. The first-order valence-electron chi connectivity index (χ1n) is 9.87. The fourth-order valence-electron chi connectivity index (χ4n) is 4.03. The molecule has 4 nitrogen and oxygen atoms in total. The Bertz CT molecular complexity index is 891. The monoisotopic (exact) mass is 360 g/mol. The van der Waals surface area contributed by atoms with Gasteiger partial charge in [0, 0.05) is 49.1 Å². The fourth-order valence-corrected chi connectivity index (χ4v) is 4.03. The summed E-state index contributed by atoms with van der Waals surface area (Å²) in [4.78, 5) is 7.55. The summed E-state index contributed by atoms with van der Waals surface area (Å²) in [6.45, 7) is 5.44. The molecule has 0 atom stereocenters. The SMILES string of the molecule is Cc1ccccc1Cc1cccc(C2CCN(Cc3cnn(C)c3)CC2)n1. The number of benzene rings is 1. The number of nitrogens with zero attached hydrogens (tertiary/aromatic N) is 4. The van der Waals surface area contributed by atoms with Crippen molar-refractivity contribution in [2.45, 2.75) is 38.6 Å². The lowest BCUT2D eigenvalue weighted by atomic mass is 9.92. The van der Waals surface area contributed by atoms with Crippen LogP contribution in [0.4, 0.5) is 0 Å². The van der Waals surface area contributed by atoms with E-state index in [2.05, 4.69) is 65.6 Å². The lowest BCUT2D eigenvalue weighted by molar-refractivity contribution is 0.203. The van der Waals surface area contributed by atoms with Crippen molar-refractivity contribution >= 4 is 0 Å². The van der Waals surface area contributed by atoms with Gasteiger partial charge in [-0.25, -0.2) is 0 Å². The average Bonchev–Trinajstić information content (AvgIpc) is 3.09. The number of aryl methyl sites for hydroxylation is 2. The van der Waals surface area contributed by atoms with Gasteiger partial charge in [-0.05, 0) is 56.1 Å². The molecule has 0 amide bonds. The molecule has 27 heavy (non-hydrogen) atoms. The van der Waals surface area contributed by atoms with Crippen LogP contribution in [0.2, 0.25) is 0 Å². The van der Waals surface area contributed by atoms with E-state index in [4.69, 9.17) is 4.98 Å². The first kappa shape index (κ1) is 17.9. The van der Waals surface area contributed by atoms with E-state index >= 15 is 0 Å². The van der Waals surface area contributed by atoms with Crippen molar-refractivity contribution in [3.8, 4) is 0 Å². The minimum Gasteiger partial charge on any atom is -0.299 e. The van der Waals surface area contributed by atoms with Crippen molar-refractivity contribution in [3.05, 3.63) is 82.9 Å². The van der Waals surface area contributed by atoms with Gasteiger partial charge in [0.05, 0.1) is 6.20 Å². The maximum atomic E-state index is 5.01. The highest BCUT2D eigenvalue weighted by Crippen LogP contribution is 2.28. The molecule has 0 unspecified atom stereocenters. The summed E-state index contributed by atoms with van der Waals surface area (Å²) in [5, 5.41) is 4.27. The number of rotatable bonds is 5. The molecular formula is C23H28N4. The number of pyridine rings is 1. The summed E-state index contributed by atoms with van der Waals surface area (Å²) in [6.07, 6.45) is 7.37. The Balaban J connectivity index is 1.38. The molecule has 2 aromatic heterocycles. The summed E-state index contributed by atoms with van der Waals surface area (Å²) in [7, 11) is 1.98. The maximum Gasteiger partial charge on any atom is 0.0534 e. The van der Waals surface area contributed by atoms with Crippen LogP contribution in [0, 0.1) is 6.92 Å². The molecule has 140 valence electrons. The van der Waals surface area contributed by atoms with Gasteiger partial charge in [0.25, 0.3) is 0 Å². The molecule has 4 heteroatoms. The van der Waals surface area contributed by atoms with Crippen molar-refractivity contribution in [2.75, 3.05) is 13.1 Å². The largest absolute Gasteiger partial charge is 0.299 e. The van der Waals surface area contributed by atoms with Gasteiger partial charge in [-0.1, -0.05) is 30.3 Å². The minimum atomic E-state index is 0.576. The molecule has 4 rings (SSSR count). The van der Waals surface area contributed by atoms with Crippen LogP contribution in [0.15, 0.2) is 54.9 Å². The Morgan fingerprint density at radius 2 is 1.85 bits per heavy atom. The van der Waals surface area contributed by atoms with Crippen LogP contribution in [-0.2, 0) is 20.0 Å². The third-order valence-electron chi connectivity index (χ3n) is 5.63. The molecule has 0 N–H and O–H groups in total. The van der Waals surface area contributed by atoms with Gasteiger partial charge in [-0.15, -0.1) is 0 Å². The molecule has 0 radical (unpaired) electrons. The van der Waals surface area contributed by atoms with Crippen LogP contribution in [-0.4, -0.2) is 32.8 Å². The van der Waals surface area contributed by atoms with Crippen LogP contribution in [0.3, 0.4) is 0 Å². The van der Waals surface area contributed by atoms with Crippen molar-refractivity contribution in [1.82, 2.24) is 19.7 Å². The molecular weight excluding hydrogens is 332 g/mol. The Labute approximate surface area is 161 Å². The first-order valence-corrected chi connectivity index (χ1v) is 9.87. The van der Waals surface area contributed by atoms with Gasteiger partial charge in [0.15, 0.2) is 0 Å². The highest BCUT2D eigenvalue weighted by molar-refractivity contribution is 5.30. The third-order valence-corrected chi connectivity index (χ3v) is 5.63. The smallest absolute Gasteiger partial charge is 0.0534 e. The van der Waals surface area contributed by atoms with Crippen molar-refractivity contribution in [3.63, 3.8) is 0 Å². The quantitative estimate of drug-likeness (QED) is 0.687. The predicted molar refractivity (Wildman–Crippen MR) is 109 cm³/mol. The van der Waals surface area contributed by atoms with Crippen LogP contribution in [0.1, 0.15) is 46.8 Å². The second kappa shape index (κ2) is 8.05.